The molecule has 0 aliphatic heterocycles. The highest BCUT2D eigenvalue weighted by Gasteiger charge is 2.33. The normalized spacial score (nSPS) is 39.2. The van der Waals surface area contributed by atoms with Gasteiger partial charge >= 0.3 is 0 Å². The number of hydrogen-bond acceptors (Lipinski definition) is 0. The van der Waals surface area contributed by atoms with Crippen molar-refractivity contribution < 1.29 is 0 Å². The van der Waals surface area contributed by atoms with Gasteiger partial charge in [-0.2, -0.15) is 0 Å². The van der Waals surface area contributed by atoms with E-state index in [1.165, 1.54) is 18.4 Å². The minimum absolute atomic E-state index is 0.326. The van der Waals surface area contributed by atoms with Crippen molar-refractivity contribution in [3.05, 3.63) is 36.0 Å². The van der Waals surface area contributed by atoms with Crippen LogP contribution >= 0.6 is 0 Å². The van der Waals surface area contributed by atoms with Crippen LogP contribution in [0.15, 0.2) is 36.0 Å². The van der Waals surface area contributed by atoms with Crippen molar-refractivity contribution in [1.82, 2.24) is 0 Å². The second kappa shape index (κ2) is 2.62. The van der Waals surface area contributed by atoms with Gasteiger partial charge in [0.15, 0.2) is 0 Å². The molecule has 2 aliphatic rings. The van der Waals surface area contributed by atoms with Crippen molar-refractivity contribution in [2.45, 2.75) is 26.7 Å². The van der Waals surface area contributed by atoms with E-state index in [4.69, 9.17) is 0 Å². The topological polar surface area (TPSA) is 0 Å². The van der Waals surface area contributed by atoms with Gasteiger partial charge < -0.3 is 0 Å². The molecule has 64 valence electrons. The minimum Gasteiger partial charge on any atom is -0.0842 e. The Balaban J connectivity index is 2.40. The molecule has 0 nitrogen and oxygen atoms in total. The van der Waals surface area contributed by atoms with Gasteiger partial charge in [-0.25, -0.2) is 0 Å². The van der Waals surface area contributed by atoms with Crippen LogP contribution in [0.4, 0.5) is 0 Å². The predicted octanol–water partition coefficient (Wildman–Crippen LogP) is 3.48. The van der Waals surface area contributed by atoms with Crippen LogP contribution in [-0.4, -0.2) is 0 Å². The molecule has 0 aromatic heterocycles. The summed E-state index contributed by atoms with van der Waals surface area (Å²) >= 11 is 0. The molecule has 2 unspecified atom stereocenters. The summed E-state index contributed by atoms with van der Waals surface area (Å²) in [6.07, 6.45) is 13.9. The zero-order chi connectivity index (χ0) is 8.60. The lowest BCUT2D eigenvalue weighted by Gasteiger charge is -2.30. The van der Waals surface area contributed by atoms with Gasteiger partial charge in [-0.1, -0.05) is 44.2 Å². The molecule has 12 heavy (non-hydrogen) atoms. The van der Waals surface area contributed by atoms with Crippen LogP contribution in [0.1, 0.15) is 26.7 Å². The largest absolute Gasteiger partial charge is 0.0842 e. The average molecular weight is 160 g/mol. The lowest BCUT2D eigenvalue weighted by atomic mass is 9.73. The first-order chi connectivity index (χ1) is 5.73. The quantitative estimate of drug-likeness (QED) is 0.509. The van der Waals surface area contributed by atoms with Crippen molar-refractivity contribution in [3.63, 3.8) is 0 Å². The molecule has 0 N–H and O–H groups in total. The van der Waals surface area contributed by atoms with E-state index < -0.39 is 0 Å². The van der Waals surface area contributed by atoms with E-state index in [2.05, 4.69) is 44.2 Å². The van der Waals surface area contributed by atoms with Crippen LogP contribution in [0.25, 0.3) is 0 Å². The van der Waals surface area contributed by atoms with E-state index in [1.807, 2.05) is 0 Å². The fourth-order valence-electron chi connectivity index (χ4n) is 2.17. The third-order valence-electron chi connectivity index (χ3n) is 3.43. The summed E-state index contributed by atoms with van der Waals surface area (Å²) in [6.45, 7) is 4.71. The van der Waals surface area contributed by atoms with Gasteiger partial charge in [-0.3, -0.25) is 0 Å². The maximum absolute atomic E-state index is 2.36. The van der Waals surface area contributed by atoms with Crippen molar-refractivity contribution in [3.8, 4) is 0 Å². The van der Waals surface area contributed by atoms with Crippen molar-refractivity contribution >= 4 is 0 Å². The van der Waals surface area contributed by atoms with Crippen molar-refractivity contribution in [2.75, 3.05) is 0 Å². The standard InChI is InChI=1S/C12H16/c1-10-6-3-4-7-11-8-5-9-12(10,11)2/h4-5,7-10H,3,6H2,1-2H3. The maximum atomic E-state index is 2.36. The second-order valence-electron chi connectivity index (χ2n) is 4.14. The SMILES string of the molecule is CC1CCC=CC2=CC=CC21C. The highest BCUT2D eigenvalue weighted by atomic mass is 14.4. The first kappa shape index (κ1) is 7.85. The van der Waals surface area contributed by atoms with Gasteiger partial charge in [-0.05, 0) is 24.3 Å². The number of allylic oxidation sites excluding steroid dienone is 6. The molecule has 0 saturated heterocycles. The molecule has 0 heteroatoms. The van der Waals surface area contributed by atoms with Crippen LogP contribution < -0.4 is 0 Å². The molecule has 0 heterocycles. The average Bonchev–Trinajstić information content (AvgIpc) is 2.37. The van der Waals surface area contributed by atoms with Gasteiger partial charge in [0.05, 0.1) is 0 Å². The van der Waals surface area contributed by atoms with Gasteiger partial charge in [-0.15, -0.1) is 0 Å². The summed E-state index contributed by atoms with van der Waals surface area (Å²) in [6, 6.07) is 0. The lowest BCUT2D eigenvalue weighted by Crippen LogP contribution is -2.21. The number of rotatable bonds is 0. The molecule has 0 fully saturated rings. The zero-order valence-electron chi connectivity index (χ0n) is 7.88. The molecular weight excluding hydrogens is 144 g/mol. The summed E-state index contributed by atoms with van der Waals surface area (Å²) in [5.41, 5.74) is 1.82. The number of hydrogen-bond donors (Lipinski definition) is 0. The smallest absolute Gasteiger partial charge is 0.0132 e. The summed E-state index contributed by atoms with van der Waals surface area (Å²) in [7, 11) is 0. The second-order valence-corrected chi connectivity index (χ2v) is 4.14. The molecule has 0 aromatic carbocycles. The number of fused-ring (bicyclic) bond motifs is 1. The first-order valence-electron chi connectivity index (χ1n) is 4.80. The molecule has 0 radical (unpaired) electrons. The molecule has 0 spiro atoms. The zero-order valence-corrected chi connectivity index (χ0v) is 7.88. The maximum Gasteiger partial charge on any atom is 0.0132 e. The molecule has 0 amide bonds. The third kappa shape index (κ3) is 0.979. The highest BCUT2D eigenvalue weighted by Crippen LogP contribution is 2.44. The Bertz CT molecular complexity index is 268. The Morgan fingerprint density at radius 3 is 3.17 bits per heavy atom. The predicted molar refractivity (Wildman–Crippen MR) is 52.9 cm³/mol. The molecule has 2 atom stereocenters. The summed E-state index contributed by atoms with van der Waals surface area (Å²) < 4.78 is 0. The van der Waals surface area contributed by atoms with Crippen LogP contribution in [0.2, 0.25) is 0 Å². The molecule has 2 rings (SSSR count). The van der Waals surface area contributed by atoms with E-state index in [0.717, 1.165) is 5.92 Å². The van der Waals surface area contributed by atoms with Gasteiger partial charge in [0.2, 0.25) is 0 Å². The molecule has 2 aliphatic carbocycles. The van der Waals surface area contributed by atoms with Gasteiger partial charge in [0.25, 0.3) is 0 Å². The Hall–Kier alpha value is -0.780. The molecular formula is C12H16. The Labute approximate surface area is 74.7 Å². The summed E-state index contributed by atoms with van der Waals surface area (Å²) in [4.78, 5) is 0. The molecule has 0 bridgehead atoms. The monoisotopic (exact) mass is 160 g/mol. The fourth-order valence-corrected chi connectivity index (χ4v) is 2.17. The summed E-state index contributed by atoms with van der Waals surface area (Å²) in [5.74, 6) is 0.775. The minimum atomic E-state index is 0.326. The van der Waals surface area contributed by atoms with E-state index in [9.17, 15) is 0 Å². The van der Waals surface area contributed by atoms with Gasteiger partial charge in [0.1, 0.15) is 0 Å². The van der Waals surface area contributed by atoms with Crippen LogP contribution in [0, 0.1) is 11.3 Å². The van der Waals surface area contributed by atoms with E-state index in [0.29, 0.717) is 5.41 Å². The highest BCUT2D eigenvalue weighted by molar-refractivity contribution is 5.41. The third-order valence-corrected chi connectivity index (χ3v) is 3.43. The van der Waals surface area contributed by atoms with Crippen molar-refractivity contribution in [2.24, 2.45) is 11.3 Å². The van der Waals surface area contributed by atoms with Crippen LogP contribution in [0.3, 0.4) is 0 Å². The molecule has 0 saturated carbocycles. The van der Waals surface area contributed by atoms with Gasteiger partial charge in [0, 0.05) is 5.41 Å². The molecule has 0 aromatic rings. The van der Waals surface area contributed by atoms with E-state index in [-0.39, 0.29) is 0 Å². The van der Waals surface area contributed by atoms with Crippen LogP contribution in [-0.2, 0) is 0 Å². The first-order valence-corrected chi connectivity index (χ1v) is 4.80. The van der Waals surface area contributed by atoms with E-state index in [1.54, 1.807) is 0 Å². The van der Waals surface area contributed by atoms with Crippen LogP contribution in [0.5, 0.6) is 0 Å². The fraction of sp³-hybridized carbons (Fsp3) is 0.500. The van der Waals surface area contributed by atoms with Crippen molar-refractivity contribution in [1.29, 1.82) is 0 Å². The van der Waals surface area contributed by atoms with E-state index >= 15 is 0 Å². The Morgan fingerprint density at radius 2 is 2.33 bits per heavy atom. The Kier molecular flexibility index (Phi) is 1.71. The Morgan fingerprint density at radius 1 is 1.50 bits per heavy atom. The lowest BCUT2D eigenvalue weighted by molar-refractivity contribution is 0.330. The summed E-state index contributed by atoms with van der Waals surface area (Å²) in [5, 5.41) is 0.